The fourth-order valence-electron chi connectivity index (χ4n) is 6.70. The lowest BCUT2D eigenvalue weighted by Gasteiger charge is -2.26. The average molecular weight is 713 g/mol. The number of benzene rings is 6. The number of amides is 2. The summed E-state index contributed by atoms with van der Waals surface area (Å²) >= 11 is 0. The van der Waals surface area contributed by atoms with Crippen molar-refractivity contribution >= 4 is 28.7 Å². The van der Waals surface area contributed by atoms with Gasteiger partial charge in [-0.15, -0.1) is 0 Å². The maximum Gasteiger partial charge on any atom is 0.353 e. The largest absolute Gasteiger partial charge is 0.479 e. The van der Waals surface area contributed by atoms with Crippen molar-refractivity contribution in [3.8, 4) is 11.5 Å². The number of nitrogens with one attached hydrogen (secondary N) is 2. The van der Waals surface area contributed by atoms with E-state index in [2.05, 4.69) is 10.3 Å². The number of imide groups is 1. The summed E-state index contributed by atoms with van der Waals surface area (Å²) in [6, 6.07) is 49.0. The van der Waals surface area contributed by atoms with Gasteiger partial charge in [-0.1, -0.05) is 133 Å². The van der Waals surface area contributed by atoms with Gasteiger partial charge in [0.2, 0.25) is 11.7 Å². The van der Waals surface area contributed by atoms with Crippen LogP contribution in [0.15, 0.2) is 169 Å². The van der Waals surface area contributed by atoms with E-state index in [9.17, 15) is 19.2 Å². The number of aromatic nitrogens is 1. The van der Waals surface area contributed by atoms with Crippen LogP contribution in [0.4, 0.5) is 0 Å². The normalized spacial score (nSPS) is 12.7. The first-order chi connectivity index (χ1) is 26.4. The predicted octanol–water partition coefficient (Wildman–Crippen LogP) is 8.03. The zero-order valence-electron chi connectivity index (χ0n) is 28.7. The highest BCUT2D eigenvalue weighted by atomic mass is 16.6. The zero-order valence-corrected chi connectivity index (χ0v) is 28.7. The summed E-state index contributed by atoms with van der Waals surface area (Å²) in [5.41, 5.74) is 3.65. The molecule has 0 spiro atoms. The third-order valence-electron chi connectivity index (χ3n) is 9.25. The Labute approximate surface area is 309 Å². The number of hydrogen-bond acceptors (Lipinski definition) is 7. The Hall–Kier alpha value is -7.26. The molecule has 2 N–H and O–H groups in total. The Morgan fingerprint density at radius 3 is 1.63 bits per heavy atom. The quantitative estimate of drug-likeness (QED) is 0.103. The summed E-state index contributed by atoms with van der Waals surface area (Å²) in [5.74, 6) is -1.62. The van der Waals surface area contributed by atoms with Crippen molar-refractivity contribution in [2.75, 3.05) is 0 Å². The number of hydrogen-bond donors (Lipinski definition) is 2. The van der Waals surface area contributed by atoms with Crippen LogP contribution in [0.2, 0.25) is 0 Å². The molecule has 9 heteroatoms. The van der Waals surface area contributed by atoms with E-state index in [1.54, 1.807) is 24.3 Å². The summed E-state index contributed by atoms with van der Waals surface area (Å²) < 4.78 is 19.5. The Balaban J connectivity index is 1.26. The molecule has 9 nitrogen and oxygen atoms in total. The first kappa shape index (κ1) is 33.9. The summed E-state index contributed by atoms with van der Waals surface area (Å²) in [6.07, 6.45) is -2.83. The van der Waals surface area contributed by atoms with Gasteiger partial charge in [0.05, 0.1) is 16.6 Å². The van der Waals surface area contributed by atoms with Crippen LogP contribution >= 0.6 is 0 Å². The number of rotatable bonds is 11. The third kappa shape index (κ3) is 6.73. The first-order valence-corrected chi connectivity index (χ1v) is 17.3. The Bertz CT molecular complexity index is 2460. The van der Waals surface area contributed by atoms with Gasteiger partial charge in [-0.2, -0.15) is 0 Å². The molecule has 0 saturated carbocycles. The lowest BCUT2D eigenvalue weighted by atomic mass is 9.99. The molecule has 1 atom stereocenters. The number of carbonyl (C=O) groups is 3. The van der Waals surface area contributed by atoms with Gasteiger partial charge < -0.3 is 19.2 Å². The minimum Gasteiger partial charge on any atom is -0.479 e. The molecule has 6 aromatic carbocycles. The molecule has 1 unspecified atom stereocenters. The molecule has 0 bridgehead atoms. The van der Waals surface area contributed by atoms with E-state index in [0.717, 1.165) is 22.3 Å². The van der Waals surface area contributed by atoms with Gasteiger partial charge in [0, 0.05) is 17.0 Å². The second-order valence-corrected chi connectivity index (χ2v) is 12.7. The average Bonchev–Trinajstić information content (AvgIpc) is 3.52. The van der Waals surface area contributed by atoms with Crippen molar-refractivity contribution in [2.45, 2.75) is 18.3 Å². The van der Waals surface area contributed by atoms with Gasteiger partial charge >= 0.3 is 5.97 Å². The molecule has 0 aliphatic carbocycles. The molecule has 2 amide bonds. The van der Waals surface area contributed by atoms with E-state index in [1.165, 1.54) is 18.2 Å². The maximum atomic E-state index is 14.7. The van der Waals surface area contributed by atoms with Crippen molar-refractivity contribution in [2.24, 2.45) is 0 Å². The highest BCUT2D eigenvalue weighted by Crippen LogP contribution is 2.39. The Morgan fingerprint density at radius 1 is 0.500 bits per heavy atom. The lowest BCUT2D eigenvalue weighted by molar-refractivity contribution is -0.156. The summed E-state index contributed by atoms with van der Waals surface area (Å²) in [5, 5.41) is 2.74. The van der Waals surface area contributed by atoms with E-state index in [0.29, 0.717) is 22.2 Å². The fourth-order valence-corrected chi connectivity index (χ4v) is 6.70. The topological polar surface area (TPSA) is 124 Å². The lowest BCUT2D eigenvalue weighted by Crippen LogP contribution is -2.25. The van der Waals surface area contributed by atoms with Crippen molar-refractivity contribution in [1.29, 1.82) is 0 Å². The number of ether oxygens (including phenoxy) is 3. The number of aromatic amines is 1. The van der Waals surface area contributed by atoms with Crippen LogP contribution in [0.25, 0.3) is 10.9 Å². The molecule has 0 radical (unpaired) electrons. The minimum absolute atomic E-state index is 0.00852. The SMILES string of the molecule is O=C1NC(=O)c2c(OC(C(=O)OC(c3ccccc3)c3ccccc3)c3ccc(OC(c4ccccc4)c4ccccc4)c4[nH]c(=O)ccc34)cccc21. The Morgan fingerprint density at radius 2 is 1.06 bits per heavy atom. The van der Waals surface area contributed by atoms with Crippen molar-refractivity contribution in [3.63, 3.8) is 0 Å². The molecule has 0 fully saturated rings. The standard InChI is InChI=1S/C45H32N2O7/c48-37-27-25-32-33(24-26-36(39(32)46-37)53-40(28-14-5-1-6-15-28)29-16-7-2-8-17-29)42(52-35-23-13-22-34-38(35)44(50)47-43(34)49)45(51)54-41(30-18-9-3-10-19-30)31-20-11-4-12-21-31/h1-27,40-42H,(H,46,48)(H,47,49,50). The van der Waals surface area contributed by atoms with Crippen LogP contribution in [0, 0.1) is 0 Å². The smallest absolute Gasteiger partial charge is 0.353 e. The van der Waals surface area contributed by atoms with Crippen LogP contribution in [-0.4, -0.2) is 22.8 Å². The number of H-pyrrole nitrogens is 1. The molecule has 0 saturated heterocycles. The van der Waals surface area contributed by atoms with E-state index >= 15 is 0 Å². The van der Waals surface area contributed by atoms with E-state index in [-0.39, 0.29) is 22.4 Å². The van der Waals surface area contributed by atoms with Crippen molar-refractivity contribution < 1.29 is 28.6 Å². The number of pyridine rings is 1. The second kappa shape index (κ2) is 14.8. The fraction of sp³-hybridized carbons (Fsp3) is 0.0667. The third-order valence-corrected chi connectivity index (χ3v) is 9.25. The van der Waals surface area contributed by atoms with E-state index in [4.69, 9.17) is 14.2 Å². The molecule has 1 aliphatic heterocycles. The number of carbonyl (C=O) groups excluding carboxylic acids is 3. The van der Waals surface area contributed by atoms with Gasteiger partial charge in [-0.05, 0) is 46.5 Å². The van der Waals surface area contributed by atoms with Crippen LogP contribution in [0.5, 0.6) is 11.5 Å². The van der Waals surface area contributed by atoms with Gasteiger partial charge in [-0.3, -0.25) is 19.7 Å². The maximum absolute atomic E-state index is 14.7. The van der Waals surface area contributed by atoms with Crippen LogP contribution in [0.1, 0.15) is 66.8 Å². The number of esters is 1. The molecular weight excluding hydrogens is 681 g/mol. The van der Waals surface area contributed by atoms with Crippen molar-refractivity contribution in [1.82, 2.24) is 10.3 Å². The minimum atomic E-state index is -1.48. The Kier molecular flexibility index (Phi) is 9.26. The molecule has 7 aromatic rings. The van der Waals surface area contributed by atoms with Crippen LogP contribution in [-0.2, 0) is 9.53 Å². The van der Waals surface area contributed by atoms with Crippen LogP contribution < -0.4 is 20.3 Å². The van der Waals surface area contributed by atoms with Crippen LogP contribution in [0.3, 0.4) is 0 Å². The highest BCUT2D eigenvalue weighted by molar-refractivity contribution is 6.22. The van der Waals surface area contributed by atoms with Gasteiger partial charge in [0.15, 0.2) is 6.10 Å². The zero-order chi connectivity index (χ0) is 37.0. The van der Waals surface area contributed by atoms with Gasteiger partial charge in [0.1, 0.15) is 17.6 Å². The van der Waals surface area contributed by atoms with E-state index in [1.807, 2.05) is 121 Å². The first-order valence-electron chi connectivity index (χ1n) is 17.3. The van der Waals surface area contributed by atoms with Crippen molar-refractivity contribution in [3.05, 3.63) is 213 Å². The molecule has 264 valence electrons. The molecule has 54 heavy (non-hydrogen) atoms. The molecule has 1 aliphatic rings. The summed E-state index contributed by atoms with van der Waals surface area (Å²) in [6.45, 7) is 0. The predicted molar refractivity (Wildman–Crippen MR) is 202 cm³/mol. The number of fused-ring (bicyclic) bond motifs is 2. The molecule has 1 aromatic heterocycles. The monoisotopic (exact) mass is 712 g/mol. The molecule has 8 rings (SSSR count). The van der Waals surface area contributed by atoms with E-state index < -0.39 is 36.1 Å². The van der Waals surface area contributed by atoms with Gasteiger partial charge in [-0.25, -0.2) is 4.79 Å². The molecular formula is C45H32N2O7. The van der Waals surface area contributed by atoms with Gasteiger partial charge in [0.25, 0.3) is 11.8 Å². The highest BCUT2D eigenvalue weighted by Gasteiger charge is 2.35. The summed E-state index contributed by atoms with van der Waals surface area (Å²) in [4.78, 5) is 56.1. The second-order valence-electron chi connectivity index (χ2n) is 12.7. The summed E-state index contributed by atoms with van der Waals surface area (Å²) in [7, 11) is 0. The molecule has 2 heterocycles.